The summed E-state index contributed by atoms with van der Waals surface area (Å²) in [6.45, 7) is 0.981. The van der Waals surface area contributed by atoms with Gasteiger partial charge in [-0.25, -0.2) is 0 Å². The fraction of sp³-hybridized carbons (Fsp3) is 0.818. The molecule has 4 atom stereocenters. The molecule has 0 aromatic carbocycles. The van der Waals surface area contributed by atoms with E-state index in [9.17, 15) is 0 Å². The lowest BCUT2D eigenvalue weighted by Crippen LogP contribution is -2.40. The Hall–Kier alpha value is -0.700. The molecule has 2 N–H and O–H groups in total. The molecule has 14 heavy (non-hydrogen) atoms. The average molecular weight is 191 g/mol. The number of nitrogens with zero attached hydrogens (tertiary/aromatic N) is 2. The maximum Gasteiger partial charge on any atom is 0.0601 e. The third-order valence-corrected chi connectivity index (χ3v) is 3.91. The Morgan fingerprint density at radius 3 is 3.21 bits per heavy atom. The lowest BCUT2D eigenvalue weighted by Gasteiger charge is -2.30. The summed E-state index contributed by atoms with van der Waals surface area (Å²) in [6, 6.07) is 0.760. The molecule has 1 saturated carbocycles. The van der Waals surface area contributed by atoms with Crippen molar-refractivity contribution in [3.63, 3.8) is 0 Å². The Kier molecular flexibility index (Phi) is 1.94. The summed E-state index contributed by atoms with van der Waals surface area (Å²) in [6.07, 6.45) is 6.78. The second-order valence-electron chi connectivity index (χ2n) is 4.71. The highest BCUT2D eigenvalue weighted by atomic mass is 14.9. The number of rotatable bonds is 0. The number of fused-ring (bicyclic) bond motifs is 3. The van der Waals surface area contributed by atoms with Crippen molar-refractivity contribution in [1.29, 1.82) is 0 Å². The number of nitrogens with two attached hydrogens (primary N) is 1. The molecule has 0 amide bonds. The molecule has 4 unspecified atom stereocenters. The van der Waals surface area contributed by atoms with Crippen LogP contribution in [0.1, 0.15) is 25.7 Å². The minimum atomic E-state index is 0.249. The third kappa shape index (κ3) is 1.15. The molecule has 3 rings (SSSR count). The van der Waals surface area contributed by atoms with Crippen LogP contribution >= 0.6 is 0 Å². The molecule has 3 aliphatic rings. The van der Waals surface area contributed by atoms with Crippen molar-refractivity contribution in [3.05, 3.63) is 0 Å². The predicted octanol–water partition coefficient (Wildman–Crippen LogP) is 1.03. The fourth-order valence-electron chi connectivity index (χ4n) is 3.16. The largest absolute Gasteiger partial charge is 0.323 e. The van der Waals surface area contributed by atoms with Crippen LogP contribution in [0.3, 0.4) is 0 Å². The van der Waals surface area contributed by atoms with E-state index in [1.54, 1.807) is 0 Å². The van der Waals surface area contributed by atoms with Crippen LogP contribution in [0.5, 0.6) is 0 Å². The Morgan fingerprint density at radius 2 is 2.29 bits per heavy atom. The van der Waals surface area contributed by atoms with Crippen LogP contribution < -0.4 is 5.73 Å². The normalized spacial score (nSPS) is 45.6. The summed E-state index contributed by atoms with van der Waals surface area (Å²) in [7, 11) is 0. The second kappa shape index (κ2) is 3.16. The van der Waals surface area contributed by atoms with Crippen molar-refractivity contribution < 1.29 is 0 Å². The van der Waals surface area contributed by atoms with Crippen molar-refractivity contribution in [2.24, 2.45) is 27.6 Å². The molecule has 0 aromatic rings. The van der Waals surface area contributed by atoms with Gasteiger partial charge in [0.1, 0.15) is 0 Å². The van der Waals surface area contributed by atoms with Gasteiger partial charge in [-0.05, 0) is 12.8 Å². The summed E-state index contributed by atoms with van der Waals surface area (Å²) in [5.74, 6) is 1.35. The van der Waals surface area contributed by atoms with E-state index >= 15 is 0 Å². The first-order valence-electron chi connectivity index (χ1n) is 5.67. The van der Waals surface area contributed by atoms with E-state index in [0.29, 0.717) is 17.9 Å². The summed E-state index contributed by atoms with van der Waals surface area (Å²) in [4.78, 5) is 9.21. The molecular formula is C11H17N3. The van der Waals surface area contributed by atoms with E-state index in [4.69, 9.17) is 10.7 Å². The smallest absolute Gasteiger partial charge is 0.0601 e. The van der Waals surface area contributed by atoms with Gasteiger partial charge in [-0.2, -0.15) is 0 Å². The molecule has 0 saturated heterocycles. The van der Waals surface area contributed by atoms with Crippen molar-refractivity contribution in [2.45, 2.75) is 37.8 Å². The molecule has 2 aliphatic heterocycles. The van der Waals surface area contributed by atoms with Crippen molar-refractivity contribution >= 4 is 11.9 Å². The van der Waals surface area contributed by atoms with E-state index in [2.05, 4.69) is 4.99 Å². The molecule has 3 nitrogen and oxygen atoms in total. The van der Waals surface area contributed by atoms with Gasteiger partial charge in [0.05, 0.1) is 6.04 Å². The maximum atomic E-state index is 6.10. The predicted molar refractivity (Wildman–Crippen MR) is 58.0 cm³/mol. The zero-order chi connectivity index (χ0) is 9.54. The van der Waals surface area contributed by atoms with Gasteiger partial charge in [0.15, 0.2) is 0 Å². The zero-order valence-corrected chi connectivity index (χ0v) is 8.39. The Labute approximate surface area is 84.5 Å². The van der Waals surface area contributed by atoms with E-state index in [1.165, 1.54) is 18.6 Å². The molecule has 1 fully saturated rings. The lowest BCUT2D eigenvalue weighted by molar-refractivity contribution is 0.344. The highest BCUT2D eigenvalue weighted by molar-refractivity contribution is 5.94. The molecule has 76 valence electrons. The zero-order valence-electron chi connectivity index (χ0n) is 8.39. The second-order valence-corrected chi connectivity index (χ2v) is 4.71. The maximum absolute atomic E-state index is 6.10. The first-order valence-corrected chi connectivity index (χ1v) is 5.67. The number of hydrogen-bond donors (Lipinski definition) is 1. The van der Waals surface area contributed by atoms with E-state index in [-0.39, 0.29) is 6.04 Å². The van der Waals surface area contributed by atoms with Crippen LogP contribution in [0.15, 0.2) is 9.98 Å². The highest BCUT2D eigenvalue weighted by Gasteiger charge is 2.42. The molecule has 2 heterocycles. The van der Waals surface area contributed by atoms with Crippen molar-refractivity contribution in [1.82, 2.24) is 0 Å². The summed E-state index contributed by atoms with van der Waals surface area (Å²) in [5.41, 5.74) is 7.42. The van der Waals surface area contributed by atoms with Crippen molar-refractivity contribution in [2.75, 3.05) is 6.54 Å². The Morgan fingerprint density at radius 1 is 1.36 bits per heavy atom. The number of hydrogen-bond acceptors (Lipinski definition) is 3. The SMILES string of the molecule is NC1CCCC2C1=NC1CC=NCC12. The minimum Gasteiger partial charge on any atom is -0.323 e. The van der Waals surface area contributed by atoms with Crippen molar-refractivity contribution in [3.8, 4) is 0 Å². The molecular weight excluding hydrogens is 174 g/mol. The van der Waals surface area contributed by atoms with E-state index < -0.39 is 0 Å². The average Bonchev–Trinajstić information content (AvgIpc) is 2.59. The fourth-order valence-corrected chi connectivity index (χ4v) is 3.16. The summed E-state index contributed by atoms with van der Waals surface area (Å²) >= 11 is 0. The lowest BCUT2D eigenvalue weighted by atomic mass is 9.76. The van der Waals surface area contributed by atoms with Crippen LogP contribution in [0.25, 0.3) is 0 Å². The highest BCUT2D eigenvalue weighted by Crippen LogP contribution is 2.38. The third-order valence-electron chi connectivity index (χ3n) is 3.91. The standard InChI is InChI=1S/C11H17N3/c12-9-3-1-2-7-8-6-13-5-4-10(8)14-11(7)9/h5,7-10H,1-4,6,12H2. The number of aliphatic imine (C=N–C) groups is 2. The van der Waals surface area contributed by atoms with Gasteiger partial charge in [-0.15, -0.1) is 0 Å². The Bertz CT molecular complexity index is 295. The topological polar surface area (TPSA) is 50.7 Å². The van der Waals surface area contributed by atoms with Gasteiger partial charge < -0.3 is 5.73 Å². The van der Waals surface area contributed by atoms with Crippen LogP contribution in [-0.2, 0) is 0 Å². The quantitative estimate of drug-likeness (QED) is 0.611. The molecule has 0 aromatic heterocycles. The minimum absolute atomic E-state index is 0.249. The van der Waals surface area contributed by atoms with Crippen LogP contribution in [0.2, 0.25) is 0 Å². The van der Waals surface area contributed by atoms with Gasteiger partial charge in [0, 0.05) is 42.8 Å². The van der Waals surface area contributed by atoms with Gasteiger partial charge in [0.25, 0.3) is 0 Å². The van der Waals surface area contributed by atoms with Gasteiger partial charge >= 0.3 is 0 Å². The first-order chi connectivity index (χ1) is 6.86. The van der Waals surface area contributed by atoms with Gasteiger partial charge in [0.2, 0.25) is 0 Å². The monoisotopic (exact) mass is 191 g/mol. The van der Waals surface area contributed by atoms with Crippen LogP contribution in [0.4, 0.5) is 0 Å². The molecule has 0 radical (unpaired) electrons. The Balaban J connectivity index is 1.89. The molecule has 1 aliphatic carbocycles. The van der Waals surface area contributed by atoms with E-state index in [0.717, 1.165) is 19.4 Å². The first kappa shape index (κ1) is 8.60. The van der Waals surface area contributed by atoms with Gasteiger partial charge in [-0.3, -0.25) is 9.98 Å². The van der Waals surface area contributed by atoms with E-state index in [1.807, 2.05) is 6.21 Å². The summed E-state index contributed by atoms with van der Waals surface area (Å²) < 4.78 is 0. The van der Waals surface area contributed by atoms with Gasteiger partial charge in [-0.1, -0.05) is 6.42 Å². The molecule has 3 heteroatoms. The van der Waals surface area contributed by atoms with Crippen LogP contribution in [0, 0.1) is 11.8 Å². The van der Waals surface area contributed by atoms with Crippen LogP contribution in [-0.4, -0.2) is 30.6 Å². The molecule has 0 bridgehead atoms. The summed E-state index contributed by atoms with van der Waals surface area (Å²) in [5, 5.41) is 0. The molecule has 0 spiro atoms.